The van der Waals surface area contributed by atoms with Gasteiger partial charge in [0.1, 0.15) is 12.4 Å². The van der Waals surface area contributed by atoms with E-state index in [0.29, 0.717) is 23.0 Å². The van der Waals surface area contributed by atoms with Crippen LogP contribution in [0.1, 0.15) is 180 Å². The molecule has 0 radical (unpaired) electrons. The molecule has 0 bridgehead atoms. The summed E-state index contributed by atoms with van der Waals surface area (Å²) in [6, 6.07) is 25.2. The van der Waals surface area contributed by atoms with E-state index < -0.39 is 29.8 Å². The quantitative estimate of drug-likeness (QED) is 0.0420. The van der Waals surface area contributed by atoms with Gasteiger partial charge >= 0.3 is 29.8 Å². The molecule has 0 aromatic heterocycles. The van der Waals surface area contributed by atoms with E-state index in [1.54, 1.807) is 12.1 Å². The minimum Gasteiger partial charge on any atom is -0.423 e. The molecule has 4 saturated carbocycles. The van der Waals surface area contributed by atoms with Crippen molar-refractivity contribution < 1.29 is 48.0 Å². The van der Waals surface area contributed by atoms with E-state index >= 15 is 0 Å². The van der Waals surface area contributed by atoms with E-state index in [-0.39, 0.29) is 51.0 Å². The standard InChI is InChI=1S/C57H62O10/c1-33(2)8-6-9-34(3)47-22-23-48-44-20-17-39-31-57(27-26-55(39,4)49(44)24-25-56(47,48)5,37-15-12-35(13-16-37)32-63-67-41-18-21-43-46(30-41)54(62)66-52(43)60)38-10-7-11-40(29-38)64-50(58)36-14-19-42-45(28-36)53(61)65-51(42)59/h7,10-16,18-19,21,28-30,33-34,39,44,47-49H,6,8-9,17,20,22-27,31-32H2,1-5H3. The Balaban J connectivity index is 0.899. The minimum absolute atomic E-state index is 0.0575. The lowest BCUT2D eigenvalue weighted by atomic mass is 9.42. The topological polar surface area (TPSA) is 132 Å². The van der Waals surface area contributed by atoms with E-state index in [1.807, 2.05) is 12.1 Å². The highest BCUT2D eigenvalue weighted by molar-refractivity contribution is 6.16. The van der Waals surface area contributed by atoms with Crippen LogP contribution in [0.15, 0.2) is 84.9 Å². The van der Waals surface area contributed by atoms with Gasteiger partial charge in [0, 0.05) is 5.41 Å². The summed E-state index contributed by atoms with van der Waals surface area (Å²) in [6.45, 7) is 12.7. The molecule has 67 heavy (non-hydrogen) atoms. The number of hydrogen-bond acceptors (Lipinski definition) is 10. The van der Waals surface area contributed by atoms with Crippen molar-refractivity contribution in [3.63, 3.8) is 0 Å². The highest BCUT2D eigenvalue weighted by Gasteiger charge is 2.62. The van der Waals surface area contributed by atoms with Crippen LogP contribution >= 0.6 is 0 Å². The molecule has 0 amide bonds. The molecule has 4 aromatic rings. The Hall–Kier alpha value is -5.61. The Labute approximate surface area is 393 Å². The third-order valence-corrected chi connectivity index (χ3v) is 17.9. The molecule has 10 heteroatoms. The van der Waals surface area contributed by atoms with Gasteiger partial charge in [-0.3, -0.25) is 0 Å². The number of cyclic esters (lactones) is 4. The fraction of sp³-hybridized carbons (Fsp3) is 0.491. The predicted octanol–water partition coefficient (Wildman–Crippen LogP) is 12.4. The second-order valence-electron chi connectivity index (χ2n) is 21.8. The molecule has 4 fully saturated rings. The van der Waals surface area contributed by atoms with Gasteiger partial charge < -0.3 is 19.1 Å². The highest BCUT2D eigenvalue weighted by atomic mass is 17.2. The average molecular weight is 907 g/mol. The van der Waals surface area contributed by atoms with Crippen LogP contribution in [0.25, 0.3) is 0 Å². The van der Waals surface area contributed by atoms with E-state index in [0.717, 1.165) is 60.0 Å². The Bertz CT molecular complexity index is 2630. The highest BCUT2D eigenvalue weighted by Crippen LogP contribution is 2.70. The fourth-order valence-corrected chi connectivity index (χ4v) is 14.4. The smallest absolute Gasteiger partial charge is 0.347 e. The third kappa shape index (κ3) is 8.00. The van der Waals surface area contributed by atoms with Gasteiger partial charge in [-0.1, -0.05) is 90.3 Å². The van der Waals surface area contributed by atoms with Crippen molar-refractivity contribution in [2.75, 3.05) is 0 Å². The molecular weight excluding hydrogens is 845 g/mol. The van der Waals surface area contributed by atoms with Crippen molar-refractivity contribution in [1.82, 2.24) is 0 Å². The summed E-state index contributed by atoms with van der Waals surface area (Å²) < 4.78 is 15.5. The molecule has 2 heterocycles. The second kappa shape index (κ2) is 17.5. The van der Waals surface area contributed by atoms with Crippen molar-refractivity contribution in [1.29, 1.82) is 0 Å². The Kier molecular flexibility index (Phi) is 11.8. The molecule has 0 saturated heterocycles. The number of fused-ring (bicyclic) bond motifs is 7. The van der Waals surface area contributed by atoms with Gasteiger partial charge in [0.2, 0.25) is 0 Å². The molecular formula is C57H62O10. The largest absolute Gasteiger partial charge is 0.423 e. The molecule has 2 aliphatic heterocycles. The molecule has 4 aromatic carbocycles. The van der Waals surface area contributed by atoms with E-state index in [1.165, 1.54) is 93.7 Å². The zero-order valence-corrected chi connectivity index (χ0v) is 39.4. The molecule has 0 spiro atoms. The molecule has 4 aliphatic carbocycles. The van der Waals surface area contributed by atoms with Crippen molar-refractivity contribution in [2.24, 2.45) is 52.3 Å². The summed E-state index contributed by atoms with van der Waals surface area (Å²) >= 11 is 0. The normalized spacial score (nSPS) is 29.9. The van der Waals surface area contributed by atoms with Crippen molar-refractivity contribution in [3.05, 3.63) is 129 Å². The number of benzene rings is 4. The molecule has 350 valence electrons. The lowest BCUT2D eigenvalue weighted by Crippen LogP contribution is -2.55. The Morgan fingerprint density at radius 1 is 0.657 bits per heavy atom. The van der Waals surface area contributed by atoms with Crippen LogP contribution < -0.4 is 9.62 Å². The number of ether oxygens (including phenoxy) is 3. The first-order valence-electron chi connectivity index (χ1n) is 24.7. The Morgan fingerprint density at radius 2 is 1.36 bits per heavy atom. The number of carbonyl (C=O) groups excluding carboxylic acids is 5. The summed E-state index contributed by atoms with van der Waals surface area (Å²) in [4.78, 5) is 73.2. The lowest BCUT2D eigenvalue weighted by molar-refractivity contribution is -0.217. The SMILES string of the molecule is CC(C)CCCC(C)C1CCC2C3CCC4CC(c5ccc(COOc6ccc7c(c6)C(=O)OC7=O)cc5)(c5cccc(OC(=O)c6ccc7c(c6)C(=O)OC7=O)c5)CCC4(C)C3CCC12C. The first-order chi connectivity index (χ1) is 32.2. The monoisotopic (exact) mass is 906 g/mol. The van der Waals surface area contributed by atoms with Crippen molar-refractivity contribution in [2.45, 2.75) is 124 Å². The molecule has 0 N–H and O–H groups in total. The zero-order valence-electron chi connectivity index (χ0n) is 39.4. The first kappa shape index (κ1) is 45.2. The van der Waals surface area contributed by atoms with Gasteiger partial charge in [-0.25, -0.2) is 24.0 Å². The molecule has 9 atom stereocenters. The summed E-state index contributed by atoms with van der Waals surface area (Å²) in [5, 5.41) is 0. The number of esters is 5. The predicted molar refractivity (Wildman–Crippen MR) is 249 cm³/mol. The second-order valence-corrected chi connectivity index (χ2v) is 21.8. The van der Waals surface area contributed by atoms with Gasteiger partial charge in [-0.15, -0.1) is 0 Å². The van der Waals surface area contributed by atoms with E-state index in [9.17, 15) is 24.0 Å². The van der Waals surface area contributed by atoms with Crippen LogP contribution in [-0.2, 0) is 26.4 Å². The summed E-state index contributed by atoms with van der Waals surface area (Å²) in [5.74, 6) is 2.37. The molecule has 9 unspecified atom stereocenters. The van der Waals surface area contributed by atoms with Gasteiger partial charge in [-0.05, 0) is 175 Å². The van der Waals surface area contributed by atoms with E-state index in [2.05, 4.69) is 65.0 Å². The van der Waals surface area contributed by atoms with Crippen LogP contribution in [0.3, 0.4) is 0 Å². The lowest BCUT2D eigenvalue weighted by Gasteiger charge is -2.63. The molecule has 6 aliphatic rings. The van der Waals surface area contributed by atoms with Crippen molar-refractivity contribution >= 4 is 29.8 Å². The molecule has 10 rings (SSSR count). The van der Waals surface area contributed by atoms with Gasteiger partial charge in [0.25, 0.3) is 0 Å². The molecule has 10 nitrogen and oxygen atoms in total. The van der Waals surface area contributed by atoms with Gasteiger partial charge in [0.15, 0.2) is 5.75 Å². The van der Waals surface area contributed by atoms with Crippen molar-refractivity contribution in [3.8, 4) is 11.5 Å². The zero-order chi connectivity index (χ0) is 46.8. The number of hydrogen-bond donors (Lipinski definition) is 0. The van der Waals surface area contributed by atoms with Crippen LogP contribution in [0.2, 0.25) is 0 Å². The summed E-state index contributed by atoms with van der Waals surface area (Å²) in [7, 11) is 0. The van der Waals surface area contributed by atoms with Gasteiger partial charge in [-0.2, -0.15) is 4.89 Å². The maximum atomic E-state index is 13.6. The summed E-state index contributed by atoms with van der Waals surface area (Å²) in [5.41, 5.74) is 4.17. The van der Waals surface area contributed by atoms with Crippen LogP contribution in [0.4, 0.5) is 0 Å². The third-order valence-electron chi connectivity index (χ3n) is 17.9. The summed E-state index contributed by atoms with van der Waals surface area (Å²) in [6.07, 6.45) is 15.0. The Morgan fingerprint density at radius 3 is 2.10 bits per heavy atom. The van der Waals surface area contributed by atoms with Crippen LogP contribution in [-0.4, -0.2) is 29.8 Å². The number of rotatable bonds is 13. The first-order valence-corrected chi connectivity index (χ1v) is 24.7. The van der Waals surface area contributed by atoms with Crippen LogP contribution in [0.5, 0.6) is 11.5 Å². The van der Waals surface area contributed by atoms with Crippen LogP contribution in [0, 0.1) is 52.3 Å². The maximum absolute atomic E-state index is 13.6. The van der Waals surface area contributed by atoms with Gasteiger partial charge in [0.05, 0.1) is 27.8 Å². The minimum atomic E-state index is -0.773. The fourth-order valence-electron chi connectivity index (χ4n) is 14.4. The average Bonchev–Trinajstić information content (AvgIpc) is 3.93. The number of carbonyl (C=O) groups is 5. The van der Waals surface area contributed by atoms with E-state index in [4.69, 9.17) is 24.0 Å². The maximum Gasteiger partial charge on any atom is 0.347 e.